The van der Waals surface area contributed by atoms with Crippen LogP contribution in [0.4, 0.5) is 10.8 Å². The molecule has 0 aliphatic rings. The molecule has 1 heterocycles. The Morgan fingerprint density at radius 3 is 2.67 bits per heavy atom. The molecule has 1 amide bonds. The third-order valence-corrected chi connectivity index (χ3v) is 6.10. The highest BCUT2D eigenvalue weighted by Gasteiger charge is 2.13. The van der Waals surface area contributed by atoms with Gasteiger partial charge in [-0.15, -0.1) is 10.2 Å². The molecule has 27 heavy (non-hydrogen) atoms. The monoisotopic (exact) mass is 418 g/mol. The number of amides is 1. The van der Waals surface area contributed by atoms with E-state index in [0.29, 0.717) is 10.2 Å². The molecule has 140 valence electrons. The third kappa shape index (κ3) is 5.69. The van der Waals surface area contributed by atoms with E-state index in [4.69, 9.17) is 11.6 Å². The molecule has 2 aromatic carbocycles. The Balaban J connectivity index is 1.50. The molecule has 3 aromatic rings. The van der Waals surface area contributed by atoms with Crippen molar-refractivity contribution in [3.05, 3.63) is 64.7 Å². The first-order valence-corrected chi connectivity index (χ1v) is 10.5. The maximum absolute atomic E-state index is 12.2. The van der Waals surface area contributed by atoms with Crippen molar-refractivity contribution in [1.29, 1.82) is 0 Å². The summed E-state index contributed by atoms with van der Waals surface area (Å²) >= 11 is 8.96. The van der Waals surface area contributed by atoms with Gasteiger partial charge < -0.3 is 10.6 Å². The van der Waals surface area contributed by atoms with Crippen LogP contribution in [0.1, 0.15) is 24.1 Å². The average Bonchev–Trinajstić information content (AvgIpc) is 3.09. The Morgan fingerprint density at radius 2 is 1.93 bits per heavy atom. The fourth-order valence-electron chi connectivity index (χ4n) is 2.39. The van der Waals surface area contributed by atoms with Gasteiger partial charge in [-0.1, -0.05) is 70.6 Å². The highest BCUT2D eigenvalue weighted by Crippen LogP contribution is 2.28. The van der Waals surface area contributed by atoms with Crippen LogP contribution in [0.3, 0.4) is 0 Å². The minimum atomic E-state index is -0.153. The number of benzene rings is 2. The first-order valence-electron chi connectivity index (χ1n) is 8.35. The van der Waals surface area contributed by atoms with Gasteiger partial charge in [-0.3, -0.25) is 4.79 Å². The van der Waals surface area contributed by atoms with Crippen LogP contribution in [0.2, 0.25) is 5.02 Å². The molecular formula is C19H19ClN4OS2. The van der Waals surface area contributed by atoms with Gasteiger partial charge in [-0.25, -0.2) is 0 Å². The molecule has 2 N–H and O–H groups in total. The Hall–Kier alpha value is -2.09. The highest BCUT2D eigenvalue weighted by molar-refractivity contribution is 8.01. The maximum Gasteiger partial charge on any atom is 0.230 e. The largest absolute Gasteiger partial charge is 0.349 e. The minimum Gasteiger partial charge on any atom is -0.349 e. The molecule has 0 radical (unpaired) electrons. The number of nitrogens with zero attached hydrogens (tertiary/aromatic N) is 2. The van der Waals surface area contributed by atoms with Gasteiger partial charge in [0.25, 0.3) is 0 Å². The number of carbonyl (C=O) groups excluding carboxylic acids is 1. The fourth-order valence-corrected chi connectivity index (χ4v) is 4.28. The smallest absolute Gasteiger partial charge is 0.230 e. The third-order valence-electron chi connectivity index (χ3n) is 3.79. The van der Waals surface area contributed by atoms with Gasteiger partial charge in [0.15, 0.2) is 4.34 Å². The van der Waals surface area contributed by atoms with Crippen LogP contribution >= 0.6 is 34.7 Å². The molecule has 0 saturated carbocycles. The fraction of sp³-hybridized carbons (Fsp3) is 0.211. The first kappa shape index (κ1) is 19.7. The van der Waals surface area contributed by atoms with E-state index in [-0.39, 0.29) is 17.7 Å². The number of thioether (sulfide) groups is 1. The summed E-state index contributed by atoms with van der Waals surface area (Å²) in [6.45, 7) is 3.96. The number of anilines is 2. The van der Waals surface area contributed by atoms with Crippen LogP contribution in [0.25, 0.3) is 0 Å². The molecule has 0 spiro atoms. The van der Waals surface area contributed by atoms with E-state index in [1.807, 2.05) is 62.4 Å². The van der Waals surface area contributed by atoms with Crippen LogP contribution in [0.15, 0.2) is 52.9 Å². The second kappa shape index (κ2) is 9.21. The zero-order valence-electron chi connectivity index (χ0n) is 14.9. The number of halogens is 1. The zero-order chi connectivity index (χ0) is 19.2. The molecule has 1 aromatic heterocycles. The lowest BCUT2D eigenvalue weighted by molar-refractivity contribution is -0.119. The summed E-state index contributed by atoms with van der Waals surface area (Å²) < 4.78 is 0.741. The topological polar surface area (TPSA) is 66.9 Å². The second-order valence-corrected chi connectivity index (χ2v) is 8.57. The summed E-state index contributed by atoms with van der Waals surface area (Å²) in [5.74, 6) is 0.198. The van der Waals surface area contributed by atoms with Crippen molar-refractivity contribution >= 4 is 51.4 Å². The van der Waals surface area contributed by atoms with E-state index in [0.717, 1.165) is 15.6 Å². The molecule has 1 atom stereocenters. The van der Waals surface area contributed by atoms with Crippen molar-refractivity contribution in [1.82, 2.24) is 15.5 Å². The number of nitrogens with one attached hydrogen (secondary N) is 2. The summed E-state index contributed by atoms with van der Waals surface area (Å²) in [6.07, 6.45) is 0. The van der Waals surface area contributed by atoms with Crippen LogP contribution in [-0.4, -0.2) is 21.9 Å². The molecule has 0 saturated heterocycles. The van der Waals surface area contributed by atoms with Gasteiger partial charge >= 0.3 is 0 Å². The number of aryl methyl sites for hydroxylation is 1. The van der Waals surface area contributed by atoms with Gasteiger partial charge in [0.2, 0.25) is 11.0 Å². The summed E-state index contributed by atoms with van der Waals surface area (Å²) in [5.41, 5.74) is 3.06. The van der Waals surface area contributed by atoms with Crippen molar-refractivity contribution in [2.24, 2.45) is 0 Å². The molecular weight excluding hydrogens is 400 g/mol. The summed E-state index contributed by atoms with van der Waals surface area (Å²) in [5, 5.41) is 15.8. The molecule has 0 bridgehead atoms. The molecule has 5 nitrogen and oxygen atoms in total. The maximum atomic E-state index is 12.2. The van der Waals surface area contributed by atoms with Crippen molar-refractivity contribution < 1.29 is 4.79 Å². The van der Waals surface area contributed by atoms with Gasteiger partial charge in [0.05, 0.1) is 11.8 Å². The van der Waals surface area contributed by atoms with Crippen LogP contribution in [0, 0.1) is 6.92 Å². The van der Waals surface area contributed by atoms with Gasteiger partial charge in [0.1, 0.15) is 0 Å². The van der Waals surface area contributed by atoms with Crippen molar-refractivity contribution in [3.8, 4) is 0 Å². The Morgan fingerprint density at radius 1 is 1.19 bits per heavy atom. The average molecular weight is 419 g/mol. The van der Waals surface area contributed by atoms with E-state index < -0.39 is 0 Å². The van der Waals surface area contributed by atoms with E-state index in [2.05, 4.69) is 20.8 Å². The minimum absolute atomic E-state index is 0.0735. The van der Waals surface area contributed by atoms with Crippen molar-refractivity contribution in [3.63, 3.8) is 0 Å². The van der Waals surface area contributed by atoms with E-state index in [9.17, 15) is 4.79 Å². The quantitative estimate of drug-likeness (QED) is 0.515. The first-order chi connectivity index (χ1) is 13.0. The molecule has 8 heteroatoms. The van der Waals surface area contributed by atoms with Crippen LogP contribution in [-0.2, 0) is 4.79 Å². The zero-order valence-corrected chi connectivity index (χ0v) is 17.3. The second-order valence-electron chi connectivity index (χ2n) is 5.96. The Kier molecular flexibility index (Phi) is 6.71. The normalized spacial score (nSPS) is 11.8. The summed E-state index contributed by atoms with van der Waals surface area (Å²) in [7, 11) is 0. The predicted octanol–water partition coefficient (Wildman–Crippen LogP) is 5.21. The summed E-state index contributed by atoms with van der Waals surface area (Å²) in [6, 6.07) is 15.4. The van der Waals surface area contributed by atoms with Crippen LogP contribution < -0.4 is 10.6 Å². The van der Waals surface area contributed by atoms with E-state index in [1.165, 1.54) is 28.7 Å². The van der Waals surface area contributed by atoms with E-state index in [1.54, 1.807) is 0 Å². The van der Waals surface area contributed by atoms with Gasteiger partial charge in [0, 0.05) is 10.7 Å². The number of rotatable bonds is 7. The summed E-state index contributed by atoms with van der Waals surface area (Å²) in [4.78, 5) is 12.2. The standard InChI is InChI=1S/C19H19ClN4OS2/c1-12-7-9-14(10-8-12)22-18-23-24-19(27-18)26-11-17(25)21-13(2)15-5-3-4-6-16(15)20/h3-10,13H,11H2,1-2H3,(H,21,25)(H,22,23)/t13-/m1/s1. The number of aromatic nitrogens is 2. The molecule has 0 fully saturated rings. The SMILES string of the molecule is Cc1ccc(Nc2nnc(SCC(=O)N[C@H](C)c3ccccc3Cl)s2)cc1. The number of carbonyl (C=O) groups is 1. The van der Waals surface area contributed by atoms with Crippen molar-refractivity contribution in [2.75, 3.05) is 11.1 Å². The Labute approximate surface area is 171 Å². The van der Waals surface area contributed by atoms with Gasteiger partial charge in [-0.2, -0.15) is 0 Å². The number of hydrogen-bond acceptors (Lipinski definition) is 6. The van der Waals surface area contributed by atoms with Gasteiger partial charge in [-0.05, 0) is 37.6 Å². The lowest BCUT2D eigenvalue weighted by atomic mass is 10.1. The number of hydrogen-bond donors (Lipinski definition) is 2. The molecule has 0 aliphatic carbocycles. The highest BCUT2D eigenvalue weighted by atomic mass is 35.5. The molecule has 3 rings (SSSR count). The lowest BCUT2D eigenvalue weighted by Gasteiger charge is -2.15. The van der Waals surface area contributed by atoms with Crippen molar-refractivity contribution in [2.45, 2.75) is 24.2 Å². The predicted molar refractivity (Wildman–Crippen MR) is 113 cm³/mol. The molecule has 0 unspecified atom stereocenters. The Bertz CT molecular complexity index is 914. The van der Waals surface area contributed by atoms with Crippen LogP contribution in [0.5, 0.6) is 0 Å². The van der Waals surface area contributed by atoms with E-state index >= 15 is 0 Å². The lowest BCUT2D eigenvalue weighted by Crippen LogP contribution is -2.28. The molecule has 0 aliphatic heterocycles.